The summed E-state index contributed by atoms with van der Waals surface area (Å²) in [5.41, 5.74) is 0. The molecule has 0 aromatic rings. The van der Waals surface area contributed by atoms with Gasteiger partial charge in [-0.05, 0) is 44.4 Å². The lowest BCUT2D eigenvalue weighted by molar-refractivity contribution is -0.132. The molecule has 2 aliphatic rings. The van der Waals surface area contributed by atoms with Gasteiger partial charge in [0.05, 0.1) is 6.04 Å². The molecule has 2 fully saturated rings. The molecule has 0 saturated carbocycles. The van der Waals surface area contributed by atoms with Gasteiger partial charge in [0.2, 0.25) is 5.91 Å². The van der Waals surface area contributed by atoms with Gasteiger partial charge >= 0.3 is 0 Å². The van der Waals surface area contributed by atoms with Crippen molar-refractivity contribution in [2.45, 2.75) is 43.9 Å². The van der Waals surface area contributed by atoms with Crippen molar-refractivity contribution in [2.75, 3.05) is 25.9 Å². The van der Waals surface area contributed by atoms with Gasteiger partial charge in [-0.2, -0.15) is 11.8 Å². The Morgan fingerprint density at radius 2 is 2.29 bits per heavy atom. The second kappa shape index (κ2) is 6.10. The first-order valence-electron chi connectivity index (χ1n) is 6.78. The van der Waals surface area contributed by atoms with E-state index in [1.165, 1.54) is 18.6 Å². The third-order valence-corrected chi connectivity index (χ3v) is 5.32. The lowest BCUT2D eigenvalue weighted by Gasteiger charge is -2.26. The first-order valence-corrected chi connectivity index (χ1v) is 7.83. The summed E-state index contributed by atoms with van der Waals surface area (Å²) in [5.74, 6) is 2.25. The van der Waals surface area contributed by atoms with E-state index in [1.807, 2.05) is 18.8 Å². The molecule has 1 amide bonds. The van der Waals surface area contributed by atoms with Crippen molar-refractivity contribution in [3.63, 3.8) is 0 Å². The van der Waals surface area contributed by atoms with Gasteiger partial charge in [0.25, 0.3) is 0 Å². The molecule has 3 atom stereocenters. The highest BCUT2D eigenvalue weighted by Crippen LogP contribution is 2.28. The number of hydrogen-bond donors (Lipinski definition) is 1. The van der Waals surface area contributed by atoms with Crippen LogP contribution in [-0.4, -0.2) is 48.0 Å². The average Bonchev–Trinajstić information content (AvgIpc) is 2.78. The Balaban J connectivity index is 1.96. The van der Waals surface area contributed by atoms with Crippen LogP contribution >= 0.6 is 11.8 Å². The van der Waals surface area contributed by atoms with Crippen LogP contribution in [0.5, 0.6) is 0 Å². The van der Waals surface area contributed by atoms with E-state index in [2.05, 4.69) is 17.1 Å². The van der Waals surface area contributed by atoms with E-state index >= 15 is 0 Å². The fraction of sp³-hybridized carbons (Fsp3) is 0.923. The third-order valence-electron chi connectivity index (χ3n) is 3.94. The first kappa shape index (κ1) is 13.2. The molecule has 1 N–H and O–H groups in total. The maximum Gasteiger partial charge on any atom is 0.239 e. The Morgan fingerprint density at radius 3 is 2.94 bits per heavy atom. The molecule has 3 nitrogen and oxygen atoms in total. The normalized spacial score (nSPS) is 35.1. The number of carbonyl (C=O) groups excluding carboxylic acids is 1. The van der Waals surface area contributed by atoms with Crippen molar-refractivity contribution in [3.05, 3.63) is 0 Å². The van der Waals surface area contributed by atoms with E-state index in [0.29, 0.717) is 17.1 Å². The number of nitrogens with one attached hydrogen (secondary N) is 1. The predicted octanol–water partition coefficient (Wildman–Crippen LogP) is 1.73. The molecule has 2 rings (SSSR count). The highest BCUT2D eigenvalue weighted by molar-refractivity contribution is 8.00. The summed E-state index contributed by atoms with van der Waals surface area (Å²) >= 11 is 2.04. The summed E-state index contributed by atoms with van der Waals surface area (Å²) < 4.78 is 0. The molecule has 0 bridgehead atoms. The Bertz CT molecular complexity index is 266. The SMILES string of the molecule is CNC1CC(C)CCN(CC2CCCS2)C1=O. The van der Waals surface area contributed by atoms with Crippen molar-refractivity contribution in [3.8, 4) is 0 Å². The summed E-state index contributed by atoms with van der Waals surface area (Å²) in [5, 5.41) is 3.87. The number of likely N-dealkylation sites (tertiary alicyclic amines) is 1. The molecule has 0 spiro atoms. The summed E-state index contributed by atoms with van der Waals surface area (Å²) in [6, 6.07) is 0.0407. The van der Waals surface area contributed by atoms with Gasteiger partial charge in [-0.25, -0.2) is 0 Å². The van der Waals surface area contributed by atoms with Crippen LogP contribution in [0, 0.1) is 5.92 Å². The van der Waals surface area contributed by atoms with E-state index in [-0.39, 0.29) is 6.04 Å². The third kappa shape index (κ3) is 3.38. The molecule has 0 radical (unpaired) electrons. The van der Waals surface area contributed by atoms with Crippen LogP contribution in [0.25, 0.3) is 0 Å². The van der Waals surface area contributed by atoms with Crippen molar-refractivity contribution in [1.29, 1.82) is 0 Å². The van der Waals surface area contributed by atoms with Crippen LogP contribution in [-0.2, 0) is 4.79 Å². The van der Waals surface area contributed by atoms with Gasteiger partial charge in [0.15, 0.2) is 0 Å². The van der Waals surface area contributed by atoms with E-state index < -0.39 is 0 Å². The number of likely N-dealkylation sites (N-methyl/N-ethyl adjacent to an activating group) is 1. The summed E-state index contributed by atoms with van der Waals surface area (Å²) in [4.78, 5) is 14.5. The largest absolute Gasteiger partial charge is 0.340 e. The first-order chi connectivity index (χ1) is 8.20. The van der Waals surface area contributed by atoms with Gasteiger partial charge in [0, 0.05) is 18.3 Å². The zero-order valence-electron chi connectivity index (χ0n) is 10.9. The molecule has 0 aromatic heterocycles. The van der Waals surface area contributed by atoms with Crippen molar-refractivity contribution >= 4 is 17.7 Å². The fourth-order valence-electron chi connectivity index (χ4n) is 2.78. The molecule has 0 aliphatic carbocycles. The highest BCUT2D eigenvalue weighted by Gasteiger charge is 2.30. The average molecular weight is 256 g/mol. The number of nitrogens with zero attached hydrogens (tertiary/aromatic N) is 1. The van der Waals surface area contributed by atoms with Crippen LogP contribution in [0.4, 0.5) is 0 Å². The Morgan fingerprint density at radius 1 is 1.47 bits per heavy atom. The Hall–Kier alpha value is -0.220. The van der Waals surface area contributed by atoms with Crippen LogP contribution in [0.3, 0.4) is 0 Å². The van der Waals surface area contributed by atoms with Crippen molar-refractivity contribution in [2.24, 2.45) is 5.92 Å². The number of carbonyl (C=O) groups is 1. The monoisotopic (exact) mass is 256 g/mol. The molecule has 2 heterocycles. The number of thioether (sulfide) groups is 1. The van der Waals surface area contributed by atoms with E-state index in [4.69, 9.17) is 0 Å². The second-order valence-corrected chi connectivity index (χ2v) is 6.80. The molecule has 2 saturated heterocycles. The number of amides is 1. The van der Waals surface area contributed by atoms with E-state index in [9.17, 15) is 4.79 Å². The highest BCUT2D eigenvalue weighted by atomic mass is 32.2. The minimum Gasteiger partial charge on any atom is -0.340 e. The molecular formula is C13H24N2OS. The van der Waals surface area contributed by atoms with Crippen LogP contribution < -0.4 is 5.32 Å². The van der Waals surface area contributed by atoms with Gasteiger partial charge in [-0.3, -0.25) is 4.79 Å². The van der Waals surface area contributed by atoms with Crippen molar-refractivity contribution < 1.29 is 4.79 Å². The molecule has 3 unspecified atom stereocenters. The van der Waals surface area contributed by atoms with Crippen LogP contribution in [0.1, 0.15) is 32.6 Å². The number of hydrogen-bond acceptors (Lipinski definition) is 3. The summed E-state index contributed by atoms with van der Waals surface area (Å²) in [6.07, 6.45) is 4.75. The van der Waals surface area contributed by atoms with Gasteiger partial charge in [-0.15, -0.1) is 0 Å². The summed E-state index contributed by atoms with van der Waals surface area (Å²) in [7, 11) is 1.91. The molecule has 4 heteroatoms. The summed E-state index contributed by atoms with van der Waals surface area (Å²) in [6.45, 7) is 4.18. The van der Waals surface area contributed by atoms with Gasteiger partial charge in [0.1, 0.15) is 0 Å². The molecule has 0 aromatic carbocycles. The maximum atomic E-state index is 12.4. The number of rotatable bonds is 3. The Labute approximate surface area is 109 Å². The minimum atomic E-state index is 0.0407. The second-order valence-electron chi connectivity index (χ2n) is 5.39. The fourth-order valence-corrected chi connectivity index (χ4v) is 4.07. The molecule has 17 heavy (non-hydrogen) atoms. The van der Waals surface area contributed by atoms with Gasteiger partial charge < -0.3 is 10.2 Å². The standard InChI is InChI=1S/C13H24N2OS/c1-10-5-6-15(9-11-4-3-7-17-11)13(16)12(8-10)14-2/h10-12,14H,3-9H2,1-2H3. The van der Waals surface area contributed by atoms with E-state index in [1.54, 1.807) is 0 Å². The maximum absolute atomic E-state index is 12.4. The zero-order valence-corrected chi connectivity index (χ0v) is 11.8. The lowest BCUT2D eigenvalue weighted by Crippen LogP contribution is -2.46. The quantitative estimate of drug-likeness (QED) is 0.834. The lowest BCUT2D eigenvalue weighted by atomic mass is 10.0. The van der Waals surface area contributed by atoms with E-state index in [0.717, 1.165) is 25.9 Å². The van der Waals surface area contributed by atoms with Crippen LogP contribution in [0.2, 0.25) is 0 Å². The molecule has 2 aliphatic heterocycles. The van der Waals surface area contributed by atoms with Crippen molar-refractivity contribution in [1.82, 2.24) is 10.2 Å². The molecular weight excluding hydrogens is 232 g/mol. The zero-order chi connectivity index (χ0) is 12.3. The predicted molar refractivity (Wildman–Crippen MR) is 73.3 cm³/mol. The minimum absolute atomic E-state index is 0.0407. The smallest absolute Gasteiger partial charge is 0.239 e. The van der Waals surface area contributed by atoms with Crippen LogP contribution in [0.15, 0.2) is 0 Å². The van der Waals surface area contributed by atoms with Gasteiger partial charge in [-0.1, -0.05) is 6.92 Å². The Kier molecular flexibility index (Phi) is 4.74. The molecule has 98 valence electrons. The topological polar surface area (TPSA) is 32.3 Å².